The molecule has 1 saturated heterocycles. The summed E-state index contributed by atoms with van der Waals surface area (Å²) in [5.74, 6) is 0. The minimum Gasteiger partial charge on any atom is -0.378 e. The molecule has 3 aliphatic rings. The van der Waals surface area contributed by atoms with Gasteiger partial charge < -0.3 is 15.8 Å². The van der Waals surface area contributed by atoms with Crippen LogP contribution in [0.5, 0.6) is 0 Å². The van der Waals surface area contributed by atoms with Crippen molar-refractivity contribution in [1.82, 2.24) is 10.2 Å². The number of rotatable bonds is 1. The molecule has 0 amide bonds. The van der Waals surface area contributed by atoms with E-state index in [0.29, 0.717) is 6.04 Å². The Balaban J connectivity index is 1.61. The Kier molecular flexibility index (Phi) is 2.52. The lowest BCUT2D eigenvalue weighted by Crippen LogP contribution is -2.48. The molecule has 0 radical (unpaired) electrons. The standard InChI is InChI=1S/C11H19N3O/c12-10-1-11(7-15-6-10)14-4-8-2-13-3-9(8)5-14/h10-11,13H,1-7,12H2. The van der Waals surface area contributed by atoms with Crippen LogP contribution in [0.2, 0.25) is 0 Å². The molecule has 0 saturated carbocycles. The Morgan fingerprint density at radius 3 is 2.60 bits per heavy atom. The summed E-state index contributed by atoms with van der Waals surface area (Å²) < 4.78 is 5.53. The fourth-order valence-corrected chi connectivity index (χ4v) is 2.85. The van der Waals surface area contributed by atoms with Crippen LogP contribution in [0.1, 0.15) is 6.42 Å². The minimum atomic E-state index is 0.234. The second kappa shape index (κ2) is 3.87. The molecule has 4 heteroatoms. The third kappa shape index (κ3) is 1.83. The summed E-state index contributed by atoms with van der Waals surface area (Å²) in [7, 11) is 0. The molecule has 3 N–H and O–H groups in total. The molecule has 84 valence electrons. The van der Waals surface area contributed by atoms with Crippen molar-refractivity contribution in [3.8, 4) is 0 Å². The summed E-state index contributed by atoms with van der Waals surface area (Å²) in [6, 6.07) is 0.775. The van der Waals surface area contributed by atoms with Gasteiger partial charge in [-0.15, -0.1) is 0 Å². The normalized spacial score (nSPS) is 37.4. The van der Waals surface area contributed by atoms with Crippen molar-refractivity contribution in [2.45, 2.75) is 18.5 Å². The van der Waals surface area contributed by atoms with Crippen molar-refractivity contribution in [3.05, 3.63) is 11.1 Å². The maximum atomic E-state index is 5.93. The zero-order chi connectivity index (χ0) is 10.3. The van der Waals surface area contributed by atoms with Crippen LogP contribution in [-0.4, -0.2) is 56.4 Å². The number of ether oxygens (including phenoxy) is 1. The van der Waals surface area contributed by atoms with Gasteiger partial charge >= 0.3 is 0 Å². The quantitative estimate of drug-likeness (QED) is 0.562. The third-order valence-electron chi connectivity index (χ3n) is 3.70. The topological polar surface area (TPSA) is 50.5 Å². The molecule has 0 aromatic carbocycles. The Morgan fingerprint density at radius 2 is 1.93 bits per heavy atom. The van der Waals surface area contributed by atoms with Gasteiger partial charge in [0.1, 0.15) is 0 Å². The number of nitrogens with one attached hydrogen (secondary N) is 1. The van der Waals surface area contributed by atoms with Gasteiger partial charge in [0.05, 0.1) is 13.2 Å². The van der Waals surface area contributed by atoms with Gasteiger partial charge in [0.15, 0.2) is 0 Å². The van der Waals surface area contributed by atoms with Crippen molar-refractivity contribution >= 4 is 0 Å². The molecule has 0 aliphatic carbocycles. The monoisotopic (exact) mass is 209 g/mol. The summed E-state index contributed by atoms with van der Waals surface area (Å²) in [6.45, 7) is 6.03. The van der Waals surface area contributed by atoms with E-state index >= 15 is 0 Å². The lowest BCUT2D eigenvalue weighted by atomic mass is 10.1. The molecule has 0 aromatic rings. The van der Waals surface area contributed by atoms with Crippen LogP contribution in [0, 0.1) is 0 Å². The molecule has 2 atom stereocenters. The van der Waals surface area contributed by atoms with E-state index in [2.05, 4.69) is 10.2 Å². The van der Waals surface area contributed by atoms with Gasteiger partial charge in [-0.1, -0.05) is 0 Å². The van der Waals surface area contributed by atoms with Crippen LogP contribution < -0.4 is 11.1 Å². The van der Waals surface area contributed by atoms with Crippen molar-refractivity contribution in [1.29, 1.82) is 0 Å². The summed E-state index contributed by atoms with van der Waals surface area (Å²) in [5, 5.41) is 3.40. The average molecular weight is 209 g/mol. The third-order valence-corrected chi connectivity index (χ3v) is 3.70. The van der Waals surface area contributed by atoms with Crippen LogP contribution in [0.4, 0.5) is 0 Å². The molecule has 3 aliphatic heterocycles. The first-order valence-corrected chi connectivity index (χ1v) is 5.81. The zero-order valence-electron chi connectivity index (χ0n) is 9.04. The largest absolute Gasteiger partial charge is 0.378 e. The van der Waals surface area contributed by atoms with Gasteiger partial charge in [0.25, 0.3) is 0 Å². The highest BCUT2D eigenvalue weighted by atomic mass is 16.5. The first kappa shape index (κ1) is 9.78. The Morgan fingerprint density at radius 1 is 1.20 bits per heavy atom. The second-order valence-electron chi connectivity index (χ2n) is 4.90. The number of hydrogen-bond acceptors (Lipinski definition) is 4. The molecule has 2 unspecified atom stereocenters. The van der Waals surface area contributed by atoms with Gasteiger partial charge in [0.2, 0.25) is 0 Å². The Bertz CT molecular complexity index is 274. The van der Waals surface area contributed by atoms with Gasteiger partial charge in [-0.3, -0.25) is 4.90 Å². The lowest BCUT2D eigenvalue weighted by Gasteiger charge is -2.34. The molecule has 1 fully saturated rings. The van der Waals surface area contributed by atoms with Crippen molar-refractivity contribution in [2.75, 3.05) is 39.4 Å². The van der Waals surface area contributed by atoms with E-state index in [1.165, 1.54) is 0 Å². The smallest absolute Gasteiger partial charge is 0.0623 e. The van der Waals surface area contributed by atoms with E-state index in [1.54, 1.807) is 11.1 Å². The summed E-state index contributed by atoms with van der Waals surface area (Å²) in [5.41, 5.74) is 9.14. The first-order chi connectivity index (χ1) is 7.33. The van der Waals surface area contributed by atoms with Crippen LogP contribution in [0.15, 0.2) is 11.1 Å². The Labute approximate surface area is 90.4 Å². The van der Waals surface area contributed by atoms with Crippen molar-refractivity contribution in [2.24, 2.45) is 5.73 Å². The maximum Gasteiger partial charge on any atom is 0.0623 e. The van der Waals surface area contributed by atoms with E-state index in [1.807, 2.05) is 0 Å². The highest BCUT2D eigenvalue weighted by Crippen LogP contribution is 2.25. The summed E-state index contributed by atoms with van der Waals surface area (Å²) >= 11 is 0. The van der Waals surface area contributed by atoms with E-state index in [0.717, 1.165) is 45.8 Å². The van der Waals surface area contributed by atoms with Crippen molar-refractivity contribution < 1.29 is 4.74 Å². The second-order valence-corrected chi connectivity index (χ2v) is 4.90. The number of nitrogens with two attached hydrogens (primary N) is 1. The predicted octanol–water partition coefficient (Wildman–Crippen LogP) is -0.682. The average Bonchev–Trinajstić information content (AvgIpc) is 2.76. The molecule has 0 bridgehead atoms. The molecule has 3 rings (SSSR count). The van der Waals surface area contributed by atoms with E-state index in [9.17, 15) is 0 Å². The van der Waals surface area contributed by atoms with E-state index in [4.69, 9.17) is 10.5 Å². The van der Waals surface area contributed by atoms with Crippen LogP contribution >= 0.6 is 0 Å². The maximum absolute atomic E-state index is 5.93. The summed E-state index contributed by atoms with van der Waals surface area (Å²) in [4.78, 5) is 2.53. The molecule has 4 nitrogen and oxygen atoms in total. The van der Waals surface area contributed by atoms with Crippen LogP contribution in [-0.2, 0) is 4.74 Å². The molecular weight excluding hydrogens is 190 g/mol. The summed E-state index contributed by atoms with van der Waals surface area (Å²) in [6.07, 6.45) is 1.09. The molecule has 15 heavy (non-hydrogen) atoms. The zero-order valence-corrected chi connectivity index (χ0v) is 9.04. The Hall–Kier alpha value is -0.420. The van der Waals surface area contributed by atoms with Gasteiger partial charge in [-0.25, -0.2) is 0 Å². The highest BCUT2D eigenvalue weighted by Gasteiger charge is 2.32. The number of hydrogen-bond donors (Lipinski definition) is 2. The number of nitrogens with zero attached hydrogens (tertiary/aromatic N) is 1. The fourth-order valence-electron chi connectivity index (χ4n) is 2.85. The molecular formula is C11H19N3O. The molecule has 3 heterocycles. The van der Waals surface area contributed by atoms with Crippen molar-refractivity contribution in [3.63, 3.8) is 0 Å². The first-order valence-electron chi connectivity index (χ1n) is 5.81. The molecule has 0 aromatic heterocycles. The van der Waals surface area contributed by atoms with Gasteiger partial charge in [-0.2, -0.15) is 0 Å². The predicted molar refractivity (Wildman–Crippen MR) is 58.7 cm³/mol. The molecule has 0 spiro atoms. The van der Waals surface area contributed by atoms with Crippen LogP contribution in [0.25, 0.3) is 0 Å². The lowest BCUT2D eigenvalue weighted by molar-refractivity contribution is 0.0159. The minimum absolute atomic E-state index is 0.234. The van der Waals surface area contributed by atoms with Gasteiger partial charge in [0, 0.05) is 38.3 Å². The van der Waals surface area contributed by atoms with E-state index in [-0.39, 0.29) is 6.04 Å². The van der Waals surface area contributed by atoms with Gasteiger partial charge in [-0.05, 0) is 17.6 Å². The highest BCUT2D eigenvalue weighted by molar-refractivity contribution is 5.30. The SMILES string of the molecule is NC1COCC(N2CC3=C(CNC3)C2)C1. The van der Waals surface area contributed by atoms with E-state index < -0.39 is 0 Å². The fraction of sp³-hybridized carbons (Fsp3) is 0.818. The van der Waals surface area contributed by atoms with Crippen LogP contribution in [0.3, 0.4) is 0 Å².